The summed E-state index contributed by atoms with van der Waals surface area (Å²) in [5.74, 6) is -0.751. The van der Waals surface area contributed by atoms with Gasteiger partial charge in [-0.05, 0) is 131 Å². The molecule has 1 aromatic carbocycles. The summed E-state index contributed by atoms with van der Waals surface area (Å²) in [6, 6.07) is 4.37. The predicted molar refractivity (Wildman–Crippen MR) is 198 cm³/mol. The molecule has 0 aromatic heterocycles. The Bertz CT molecular complexity index is 1500. The van der Waals surface area contributed by atoms with E-state index in [2.05, 4.69) is 16.0 Å². The van der Waals surface area contributed by atoms with E-state index in [0.717, 1.165) is 41.8 Å². The number of amides is 6. The van der Waals surface area contributed by atoms with E-state index in [1.807, 2.05) is 32.9 Å². The van der Waals surface area contributed by atoms with Crippen LogP contribution in [0.15, 0.2) is 18.2 Å². The molecule has 0 bridgehead atoms. The molecule has 0 unspecified atom stereocenters. The van der Waals surface area contributed by atoms with Crippen LogP contribution < -0.4 is 16.0 Å². The highest BCUT2D eigenvalue weighted by molar-refractivity contribution is 6.06. The zero-order chi connectivity index (χ0) is 39.3. The van der Waals surface area contributed by atoms with Gasteiger partial charge < -0.3 is 29.7 Å². The standard InChI is InChI=1S/C39H59N5O9/c1-37(2,3)51-34(48)41-23-24-15-17-25(18-16-24)31-30-26(33(47)44(31)28-19-20-29(45)42-32(28)46)13-12-14-27(30)40-21-10-11-22-43(35(49)52-38(4,5)6)36(50)53-39(7,8)9/h12-14,24-25,28,31,40H,10-11,15-23H2,1-9H3,(H,41,48)(H,42,45,46)/t24?,25?,28-,31-/m1/s1. The molecule has 6 amide bonds. The van der Waals surface area contributed by atoms with Crippen molar-refractivity contribution in [2.45, 2.75) is 143 Å². The molecule has 1 aliphatic carbocycles. The van der Waals surface area contributed by atoms with Gasteiger partial charge in [0.2, 0.25) is 11.8 Å². The molecule has 14 nitrogen and oxygen atoms in total. The first kappa shape index (κ1) is 41.4. The second kappa shape index (κ2) is 16.8. The first-order chi connectivity index (χ1) is 24.6. The van der Waals surface area contributed by atoms with Gasteiger partial charge >= 0.3 is 18.3 Å². The Morgan fingerprint density at radius 3 is 2.00 bits per heavy atom. The molecule has 0 radical (unpaired) electrons. The Morgan fingerprint density at radius 2 is 1.43 bits per heavy atom. The number of hydrogen-bond donors (Lipinski definition) is 3. The van der Waals surface area contributed by atoms with Gasteiger partial charge in [0.05, 0.1) is 6.04 Å². The monoisotopic (exact) mass is 741 g/mol. The fraction of sp³-hybridized carbons (Fsp3) is 0.692. The highest BCUT2D eigenvalue weighted by Gasteiger charge is 2.49. The number of imide groups is 2. The van der Waals surface area contributed by atoms with Crippen LogP contribution in [-0.2, 0) is 23.8 Å². The number of anilines is 1. The molecule has 3 aliphatic rings. The van der Waals surface area contributed by atoms with Gasteiger partial charge in [0.25, 0.3) is 5.91 Å². The summed E-state index contributed by atoms with van der Waals surface area (Å²) < 4.78 is 16.4. The first-order valence-electron chi connectivity index (χ1n) is 18.9. The van der Waals surface area contributed by atoms with E-state index < -0.39 is 47.0 Å². The maximum absolute atomic E-state index is 14.1. The number of nitrogens with one attached hydrogen (secondary N) is 3. The fourth-order valence-electron chi connectivity index (χ4n) is 7.13. The molecule has 14 heteroatoms. The van der Waals surface area contributed by atoms with Crippen LogP contribution in [0, 0.1) is 11.8 Å². The van der Waals surface area contributed by atoms with Crippen LogP contribution in [0.2, 0.25) is 0 Å². The molecular weight excluding hydrogens is 682 g/mol. The topological polar surface area (TPSA) is 173 Å². The minimum Gasteiger partial charge on any atom is -0.444 e. The molecule has 0 spiro atoms. The number of nitrogens with zero attached hydrogens (tertiary/aromatic N) is 2. The van der Waals surface area contributed by atoms with Crippen molar-refractivity contribution >= 4 is 41.7 Å². The molecule has 1 saturated heterocycles. The molecule has 2 aliphatic heterocycles. The molecule has 3 N–H and O–H groups in total. The van der Waals surface area contributed by atoms with Crippen LogP contribution in [0.25, 0.3) is 0 Å². The summed E-state index contributed by atoms with van der Waals surface area (Å²) in [4.78, 5) is 80.2. The highest BCUT2D eigenvalue weighted by atomic mass is 16.6. The third kappa shape index (κ3) is 11.6. The molecule has 2 fully saturated rings. The third-order valence-corrected chi connectivity index (χ3v) is 9.34. The normalized spacial score (nSPS) is 22.1. The Kier molecular flexibility index (Phi) is 13.1. The summed E-state index contributed by atoms with van der Waals surface area (Å²) >= 11 is 0. The minimum absolute atomic E-state index is 0.0440. The maximum atomic E-state index is 14.1. The van der Waals surface area contributed by atoms with Crippen molar-refractivity contribution in [3.05, 3.63) is 29.3 Å². The molecule has 1 aromatic rings. The van der Waals surface area contributed by atoms with Crippen LogP contribution in [0.1, 0.15) is 136 Å². The second-order valence-corrected chi connectivity index (χ2v) is 17.3. The van der Waals surface area contributed by atoms with E-state index in [4.69, 9.17) is 14.2 Å². The number of piperidine rings is 1. The van der Waals surface area contributed by atoms with Gasteiger partial charge in [0.15, 0.2) is 0 Å². The van der Waals surface area contributed by atoms with Crippen molar-refractivity contribution in [3.8, 4) is 0 Å². The van der Waals surface area contributed by atoms with Crippen molar-refractivity contribution in [1.29, 1.82) is 0 Å². The van der Waals surface area contributed by atoms with Crippen LogP contribution in [0.5, 0.6) is 0 Å². The Balaban J connectivity index is 1.48. The zero-order valence-corrected chi connectivity index (χ0v) is 32.9. The number of ether oxygens (including phenoxy) is 3. The zero-order valence-electron chi connectivity index (χ0n) is 32.9. The van der Waals surface area contributed by atoms with Gasteiger partial charge in [-0.1, -0.05) is 6.07 Å². The van der Waals surface area contributed by atoms with E-state index in [9.17, 15) is 28.8 Å². The molecule has 294 valence electrons. The Morgan fingerprint density at radius 1 is 0.830 bits per heavy atom. The van der Waals surface area contributed by atoms with Gasteiger partial charge in [-0.2, -0.15) is 0 Å². The Labute approximate surface area is 313 Å². The largest absolute Gasteiger partial charge is 0.444 e. The number of carbonyl (C=O) groups is 6. The van der Waals surface area contributed by atoms with Crippen LogP contribution in [0.4, 0.5) is 20.1 Å². The lowest BCUT2D eigenvalue weighted by Crippen LogP contribution is -2.54. The molecule has 2 heterocycles. The lowest BCUT2D eigenvalue weighted by molar-refractivity contribution is -0.137. The van der Waals surface area contributed by atoms with Gasteiger partial charge in [0, 0.05) is 42.9 Å². The second-order valence-electron chi connectivity index (χ2n) is 17.3. The average Bonchev–Trinajstić information content (AvgIpc) is 3.31. The summed E-state index contributed by atoms with van der Waals surface area (Å²) in [6.07, 6.45) is 2.67. The van der Waals surface area contributed by atoms with Crippen LogP contribution in [-0.4, -0.2) is 88.3 Å². The number of hydrogen-bond acceptors (Lipinski definition) is 10. The van der Waals surface area contributed by atoms with Crippen molar-refractivity contribution in [1.82, 2.24) is 20.4 Å². The third-order valence-electron chi connectivity index (χ3n) is 9.34. The van der Waals surface area contributed by atoms with Gasteiger partial charge in [0.1, 0.15) is 22.8 Å². The Hall–Kier alpha value is -4.36. The van der Waals surface area contributed by atoms with Gasteiger partial charge in [-0.3, -0.25) is 19.7 Å². The predicted octanol–water partition coefficient (Wildman–Crippen LogP) is 6.68. The number of carbonyl (C=O) groups excluding carboxylic acids is 6. The average molecular weight is 742 g/mol. The molecule has 2 atom stereocenters. The summed E-state index contributed by atoms with van der Waals surface area (Å²) in [6.45, 7) is 16.9. The van der Waals surface area contributed by atoms with E-state index in [1.54, 1.807) is 52.5 Å². The summed E-state index contributed by atoms with van der Waals surface area (Å²) in [5.41, 5.74) is -0.0333. The number of fused-ring (bicyclic) bond motifs is 1. The fourth-order valence-corrected chi connectivity index (χ4v) is 7.13. The molecular formula is C39H59N5O9. The number of alkyl carbamates (subject to hydrolysis) is 1. The number of unbranched alkanes of at least 4 members (excludes halogenated alkanes) is 1. The van der Waals surface area contributed by atoms with E-state index in [0.29, 0.717) is 31.5 Å². The van der Waals surface area contributed by atoms with Crippen molar-refractivity contribution in [2.24, 2.45) is 11.8 Å². The summed E-state index contributed by atoms with van der Waals surface area (Å²) in [5, 5.41) is 8.82. The molecule has 53 heavy (non-hydrogen) atoms. The maximum Gasteiger partial charge on any atom is 0.419 e. The lowest BCUT2D eigenvalue weighted by Gasteiger charge is -2.41. The molecule has 1 saturated carbocycles. The molecule has 4 rings (SSSR count). The van der Waals surface area contributed by atoms with Crippen LogP contribution >= 0.6 is 0 Å². The van der Waals surface area contributed by atoms with Gasteiger partial charge in [-0.15, -0.1) is 0 Å². The SMILES string of the molecule is CC(C)(C)OC(=O)NCC1CCC([C@@H]2c3c(NCCCCN(C(=O)OC(C)(C)C)C(=O)OC(C)(C)C)cccc3C(=O)N2[C@@H]2CCC(=O)NC2=O)CC1. The van der Waals surface area contributed by atoms with Gasteiger partial charge in [-0.25, -0.2) is 19.3 Å². The summed E-state index contributed by atoms with van der Waals surface area (Å²) in [7, 11) is 0. The lowest BCUT2D eigenvalue weighted by atomic mass is 9.76. The van der Waals surface area contributed by atoms with E-state index >= 15 is 0 Å². The number of rotatable bonds is 10. The minimum atomic E-state index is -0.793. The quantitative estimate of drug-likeness (QED) is 0.133. The first-order valence-corrected chi connectivity index (χ1v) is 18.9. The highest BCUT2D eigenvalue weighted by Crippen LogP contribution is 2.49. The van der Waals surface area contributed by atoms with Crippen molar-refractivity contribution < 1.29 is 43.0 Å². The smallest absolute Gasteiger partial charge is 0.419 e. The van der Waals surface area contributed by atoms with Crippen molar-refractivity contribution in [3.63, 3.8) is 0 Å². The van der Waals surface area contributed by atoms with Crippen molar-refractivity contribution in [2.75, 3.05) is 25.0 Å². The van der Waals surface area contributed by atoms with E-state index in [-0.39, 0.29) is 49.1 Å². The number of benzene rings is 1. The van der Waals surface area contributed by atoms with Crippen LogP contribution in [0.3, 0.4) is 0 Å². The van der Waals surface area contributed by atoms with E-state index in [1.165, 1.54) is 0 Å².